The van der Waals surface area contributed by atoms with Crippen LogP contribution in [0.5, 0.6) is 0 Å². The molecule has 2 aliphatic heterocycles. The Labute approximate surface area is 174 Å². The highest BCUT2D eigenvalue weighted by molar-refractivity contribution is 6.46. The van der Waals surface area contributed by atoms with Gasteiger partial charge in [-0.1, -0.05) is 0 Å². The van der Waals surface area contributed by atoms with Crippen LogP contribution in [-0.2, 0) is 14.3 Å². The number of aryl methyl sites for hydroxylation is 2. The van der Waals surface area contributed by atoms with Gasteiger partial charge in [-0.3, -0.25) is 14.5 Å². The first kappa shape index (κ1) is 20.2. The van der Waals surface area contributed by atoms with E-state index >= 15 is 0 Å². The van der Waals surface area contributed by atoms with Crippen molar-refractivity contribution >= 4 is 17.4 Å². The lowest BCUT2D eigenvalue weighted by Crippen LogP contribution is -2.42. The first-order valence-corrected chi connectivity index (χ1v) is 9.90. The summed E-state index contributed by atoms with van der Waals surface area (Å²) in [5.41, 5.74) is 0.841. The molecule has 0 spiro atoms. The predicted molar refractivity (Wildman–Crippen MR) is 106 cm³/mol. The van der Waals surface area contributed by atoms with Gasteiger partial charge in [-0.25, -0.2) is 9.97 Å². The number of morpholine rings is 1. The van der Waals surface area contributed by atoms with Crippen molar-refractivity contribution in [3.63, 3.8) is 0 Å². The summed E-state index contributed by atoms with van der Waals surface area (Å²) in [6, 6.07) is 2.59. The van der Waals surface area contributed by atoms with Crippen LogP contribution in [0.3, 0.4) is 0 Å². The second kappa shape index (κ2) is 8.37. The van der Waals surface area contributed by atoms with Crippen molar-refractivity contribution in [1.82, 2.24) is 19.8 Å². The molecule has 4 rings (SSSR count). The number of Topliss-reactive ketones (excluding diaryl/α,β-unsaturated/α-hetero) is 1. The number of ketones is 1. The number of hydrogen-bond acceptors (Lipinski definition) is 8. The SMILES string of the molecule is Cc1ncc(C(O)=C2C(=O)C(=O)N(CCN3CCOCC3)C2c2ccco2)c(C)n1. The summed E-state index contributed by atoms with van der Waals surface area (Å²) >= 11 is 0. The Balaban J connectivity index is 1.71. The Morgan fingerprint density at radius 2 is 2.00 bits per heavy atom. The molecule has 2 fully saturated rings. The maximum atomic E-state index is 12.9. The highest BCUT2D eigenvalue weighted by Gasteiger charge is 2.47. The van der Waals surface area contributed by atoms with E-state index in [-0.39, 0.29) is 11.3 Å². The van der Waals surface area contributed by atoms with Crippen LogP contribution >= 0.6 is 0 Å². The molecule has 1 atom stereocenters. The number of carbonyl (C=O) groups is 2. The van der Waals surface area contributed by atoms with Crippen LogP contribution < -0.4 is 0 Å². The number of likely N-dealkylation sites (tertiary alicyclic amines) is 1. The second-order valence-corrected chi connectivity index (χ2v) is 7.38. The van der Waals surface area contributed by atoms with Crippen molar-refractivity contribution in [2.75, 3.05) is 39.4 Å². The molecule has 158 valence electrons. The number of aromatic nitrogens is 2. The number of rotatable bonds is 5. The third kappa shape index (κ3) is 3.73. The Morgan fingerprint density at radius 3 is 2.67 bits per heavy atom. The number of hydrogen-bond donors (Lipinski definition) is 1. The molecule has 0 bridgehead atoms. The lowest BCUT2D eigenvalue weighted by Gasteiger charge is -2.30. The lowest BCUT2D eigenvalue weighted by atomic mass is 9.99. The molecular weight excluding hydrogens is 388 g/mol. The molecule has 30 heavy (non-hydrogen) atoms. The summed E-state index contributed by atoms with van der Waals surface area (Å²) in [5, 5.41) is 11.0. The molecular formula is C21H24N4O5. The Hall–Kier alpha value is -3.04. The summed E-state index contributed by atoms with van der Waals surface area (Å²) in [5.74, 6) is -0.713. The van der Waals surface area contributed by atoms with Gasteiger partial charge in [-0.05, 0) is 26.0 Å². The molecule has 2 saturated heterocycles. The summed E-state index contributed by atoms with van der Waals surface area (Å²) in [6.07, 6.45) is 2.95. The Kier molecular flexibility index (Phi) is 5.65. The van der Waals surface area contributed by atoms with Crippen molar-refractivity contribution in [3.05, 3.63) is 53.0 Å². The van der Waals surface area contributed by atoms with Gasteiger partial charge in [0.05, 0.1) is 36.3 Å². The van der Waals surface area contributed by atoms with Crippen molar-refractivity contribution < 1.29 is 23.8 Å². The number of amides is 1. The quantitative estimate of drug-likeness (QED) is 0.446. The van der Waals surface area contributed by atoms with E-state index in [9.17, 15) is 14.7 Å². The van der Waals surface area contributed by atoms with Crippen molar-refractivity contribution in [3.8, 4) is 0 Å². The van der Waals surface area contributed by atoms with Gasteiger partial charge in [0.2, 0.25) is 0 Å². The Bertz CT molecular complexity index is 979. The number of carbonyl (C=O) groups excluding carboxylic acids is 2. The summed E-state index contributed by atoms with van der Waals surface area (Å²) in [4.78, 5) is 37.9. The van der Waals surface area contributed by atoms with E-state index in [2.05, 4.69) is 14.9 Å². The largest absolute Gasteiger partial charge is 0.507 e. The molecule has 0 aliphatic carbocycles. The van der Waals surface area contributed by atoms with Gasteiger partial charge in [0.1, 0.15) is 23.4 Å². The van der Waals surface area contributed by atoms with Crippen LogP contribution in [0.4, 0.5) is 0 Å². The molecule has 2 aliphatic rings. The third-order valence-corrected chi connectivity index (χ3v) is 5.47. The topological polar surface area (TPSA) is 109 Å². The maximum Gasteiger partial charge on any atom is 0.295 e. The van der Waals surface area contributed by atoms with Crippen molar-refractivity contribution in [2.45, 2.75) is 19.9 Å². The van der Waals surface area contributed by atoms with Gasteiger partial charge in [0, 0.05) is 32.4 Å². The average molecular weight is 412 g/mol. The summed E-state index contributed by atoms with van der Waals surface area (Å²) in [6.45, 7) is 7.23. The first-order valence-electron chi connectivity index (χ1n) is 9.90. The maximum absolute atomic E-state index is 12.9. The molecule has 2 aromatic rings. The minimum Gasteiger partial charge on any atom is -0.507 e. The highest BCUT2D eigenvalue weighted by atomic mass is 16.5. The van der Waals surface area contributed by atoms with E-state index in [1.807, 2.05) is 0 Å². The molecule has 1 unspecified atom stereocenters. The smallest absolute Gasteiger partial charge is 0.295 e. The number of aliphatic hydroxyl groups excluding tert-OH is 1. The molecule has 0 radical (unpaired) electrons. The average Bonchev–Trinajstić information content (AvgIpc) is 3.34. The summed E-state index contributed by atoms with van der Waals surface area (Å²) < 4.78 is 10.9. The first-order chi connectivity index (χ1) is 14.5. The van der Waals surface area contributed by atoms with Crippen LogP contribution in [0.2, 0.25) is 0 Å². The molecule has 1 N–H and O–H groups in total. The molecule has 9 heteroatoms. The minimum absolute atomic E-state index is 0.00696. The number of ether oxygens (including phenoxy) is 1. The van der Waals surface area contributed by atoms with E-state index in [1.165, 1.54) is 17.4 Å². The zero-order chi connectivity index (χ0) is 21.3. The van der Waals surface area contributed by atoms with Gasteiger partial charge in [-0.15, -0.1) is 0 Å². The van der Waals surface area contributed by atoms with Gasteiger partial charge >= 0.3 is 0 Å². The Morgan fingerprint density at radius 1 is 1.23 bits per heavy atom. The highest BCUT2D eigenvalue weighted by Crippen LogP contribution is 2.39. The molecule has 1 amide bonds. The van der Waals surface area contributed by atoms with Gasteiger partial charge < -0.3 is 19.2 Å². The second-order valence-electron chi connectivity index (χ2n) is 7.38. The fraction of sp³-hybridized carbons (Fsp3) is 0.429. The molecule has 9 nitrogen and oxygen atoms in total. The van der Waals surface area contributed by atoms with Crippen molar-refractivity contribution in [1.29, 1.82) is 0 Å². The predicted octanol–water partition coefficient (Wildman–Crippen LogP) is 1.44. The standard InChI is InChI=1S/C21H24N4O5/c1-13-15(12-22-14(2)23-13)19(26)17-18(16-4-3-9-30-16)25(21(28)20(17)27)6-5-24-7-10-29-11-8-24/h3-4,9,12,18,26H,5-8,10-11H2,1-2H3. The van der Waals surface area contributed by atoms with Crippen molar-refractivity contribution in [2.24, 2.45) is 0 Å². The molecule has 0 aromatic carbocycles. The number of furan rings is 1. The van der Waals surface area contributed by atoms with Gasteiger partial charge in [-0.2, -0.15) is 0 Å². The van der Waals surface area contributed by atoms with Gasteiger partial charge in [0.25, 0.3) is 11.7 Å². The van der Waals surface area contributed by atoms with Gasteiger partial charge in [0.15, 0.2) is 0 Å². The summed E-state index contributed by atoms with van der Waals surface area (Å²) in [7, 11) is 0. The normalized spacial score (nSPS) is 22.1. The van der Waals surface area contributed by atoms with Crippen LogP contribution in [0.25, 0.3) is 5.76 Å². The van der Waals surface area contributed by atoms with E-state index in [0.717, 1.165) is 13.1 Å². The third-order valence-electron chi connectivity index (χ3n) is 5.47. The lowest BCUT2D eigenvalue weighted by molar-refractivity contribution is -0.140. The van der Waals surface area contributed by atoms with E-state index in [0.29, 0.717) is 49.1 Å². The zero-order valence-corrected chi connectivity index (χ0v) is 17.0. The molecule has 0 saturated carbocycles. The minimum atomic E-state index is -0.804. The van der Waals surface area contributed by atoms with E-state index in [1.54, 1.807) is 26.0 Å². The zero-order valence-electron chi connectivity index (χ0n) is 17.0. The monoisotopic (exact) mass is 412 g/mol. The van der Waals surface area contributed by atoms with E-state index in [4.69, 9.17) is 9.15 Å². The van der Waals surface area contributed by atoms with Crippen LogP contribution in [0, 0.1) is 13.8 Å². The molecule has 4 heterocycles. The molecule has 2 aromatic heterocycles. The van der Waals surface area contributed by atoms with E-state index < -0.39 is 17.7 Å². The van der Waals surface area contributed by atoms with Crippen LogP contribution in [-0.4, -0.2) is 76.0 Å². The fourth-order valence-corrected chi connectivity index (χ4v) is 3.89. The van der Waals surface area contributed by atoms with Crippen LogP contribution in [0.15, 0.2) is 34.6 Å². The van der Waals surface area contributed by atoms with Crippen LogP contribution in [0.1, 0.15) is 28.9 Å². The number of nitrogens with zero attached hydrogens (tertiary/aromatic N) is 4. The number of aliphatic hydroxyl groups is 1. The fourth-order valence-electron chi connectivity index (χ4n) is 3.89.